The van der Waals surface area contributed by atoms with Crippen molar-refractivity contribution in [2.45, 2.75) is 39.2 Å². The summed E-state index contributed by atoms with van der Waals surface area (Å²) in [6.07, 6.45) is 3.05. The van der Waals surface area contributed by atoms with Gasteiger partial charge in [0.05, 0.1) is 6.61 Å². The van der Waals surface area contributed by atoms with Crippen LogP contribution < -0.4 is 11.1 Å². The van der Waals surface area contributed by atoms with E-state index in [4.69, 9.17) is 10.5 Å². The molecule has 3 N–H and O–H groups in total. The molecule has 0 radical (unpaired) electrons. The number of ether oxygens (including phenoxy) is 1. The Hall–Kier alpha value is -0.770. The lowest BCUT2D eigenvalue weighted by Crippen LogP contribution is -2.36. The normalized spacial score (nSPS) is 25.6. The van der Waals surface area contributed by atoms with Crippen molar-refractivity contribution in [3.05, 3.63) is 0 Å². The molecular weight excluding hydrogens is 192 g/mol. The standard InChI is InChI=1S/C11H22N2O2/c1-8(2)7-15-11(14)13-6-9-4-3-5-10(9)12/h8-10H,3-7,12H2,1-2H3,(H,13,14). The Morgan fingerprint density at radius 2 is 2.27 bits per heavy atom. The SMILES string of the molecule is CC(C)COC(=O)NCC1CCCC1N. The first-order chi connectivity index (χ1) is 7.09. The smallest absolute Gasteiger partial charge is 0.407 e. The van der Waals surface area contributed by atoms with Crippen LogP contribution in [0, 0.1) is 11.8 Å². The van der Waals surface area contributed by atoms with Gasteiger partial charge < -0.3 is 15.8 Å². The Bertz CT molecular complexity index is 207. The Balaban J connectivity index is 2.11. The summed E-state index contributed by atoms with van der Waals surface area (Å²) in [6, 6.07) is 0.246. The van der Waals surface area contributed by atoms with Crippen LogP contribution >= 0.6 is 0 Å². The number of carbonyl (C=O) groups excluding carboxylic acids is 1. The summed E-state index contributed by atoms with van der Waals surface area (Å²) in [5.41, 5.74) is 5.90. The van der Waals surface area contributed by atoms with Gasteiger partial charge in [-0.3, -0.25) is 0 Å². The summed E-state index contributed by atoms with van der Waals surface area (Å²) < 4.78 is 5.01. The van der Waals surface area contributed by atoms with Crippen molar-refractivity contribution in [3.8, 4) is 0 Å². The van der Waals surface area contributed by atoms with E-state index in [9.17, 15) is 4.79 Å². The largest absolute Gasteiger partial charge is 0.449 e. The van der Waals surface area contributed by atoms with Crippen molar-refractivity contribution in [1.29, 1.82) is 0 Å². The van der Waals surface area contributed by atoms with Crippen molar-refractivity contribution < 1.29 is 9.53 Å². The molecule has 0 aromatic heterocycles. The quantitative estimate of drug-likeness (QED) is 0.745. The number of hydrogen-bond donors (Lipinski definition) is 2. The molecule has 2 atom stereocenters. The third-order valence-electron chi connectivity index (χ3n) is 2.77. The number of amides is 1. The van der Waals surface area contributed by atoms with E-state index in [2.05, 4.69) is 5.32 Å². The van der Waals surface area contributed by atoms with E-state index in [1.54, 1.807) is 0 Å². The van der Waals surface area contributed by atoms with E-state index in [-0.39, 0.29) is 12.1 Å². The van der Waals surface area contributed by atoms with Crippen LogP contribution in [0.15, 0.2) is 0 Å². The molecule has 0 saturated heterocycles. The third-order valence-corrected chi connectivity index (χ3v) is 2.77. The maximum absolute atomic E-state index is 11.2. The minimum atomic E-state index is -0.317. The number of hydrogen-bond acceptors (Lipinski definition) is 3. The van der Waals surface area contributed by atoms with Gasteiger partial charge in [0.15, 0.2) is 0 Å². The van der Waals surface area contributed by atoms with Gasteiger partial charge in [0.1, 0.15) is 0 Å². The lowest BCUT2D eigenvalue weighted by atomic mass is 10.1. The second-order valence-electron chi connectivity index (χ2n) is 4.73. The van der Waals surface area contributed by atoms with Crippen LogP contribution in [0.3, 0.4) is 0 Å². The highest BCUT2D eigenvalue weighted by molar-refractivity contribution is 5.67. The number of rotatable bonds is 4. The molecule has 1 saturated carbocycles. The fourth-order valence-electron chi connectivity index (χ4n) is 1.83. The molecule has 1 rings (SSSR count). The summed E-state index contributed by atoms with van der Waals surface area (Å²) in [5, 5.41) is 2.77. The Morgan fingerprint density at radius 3 is 2.80 bits per heavy atom. The van der Waals surface area contributed by atoms with Gasteiger partial charge in [0.25, 0.3) is 0 Å². The minimum absolute atomic E-state index is 0.246. The maximum Gasteiger partial charge on any atom is 0.407 e. The molecule has 0 aromatic carbocycles. The monoisotopic (exact) mass is 214 g/mol. The van der Waals surface area contributed by atoms with E-state index in [0.717, 1.165) is 12.8 Å². The fraction of sp³-hybridized carbons (Fsp3) is 0.909. The van der Waals surface area contributed by atoms with Gasteiger partial charge in [-0.25, -0.2) is 4.79 Å². The molecule has 1 amide bonds. The van der Waals surface area contributed by atoms with Crippen LogP contribution in [-0.2, 0) is 4.74 Å². The topological polar surface area (TPSA) is 64.3 Å². The highest BCUT2D eigenvalue weighted by atomic mass is 16.5. The molecule has 1 fully saturated rings. The zero-order chi connectivity index (χ0) is 11.3. The molecule has 0 bridgehead atoms. The van der Waals surface area contributed by atoms with E-state index in [1.807, 2.05) is 13.8 Å². The molecule has 1 aliphatic rings. The first-order valence-corrected chi connectivity index (χ1v) is 5.75. The minimum Gasteiger partial charge on any atom is -0.449 e. The molecule has 1 aliphatic carbocycles. The van der Waals surface area contributed by atoms with Crippen molar-refractivity contribution in [2.24, 2.45) is 17.6 Å². The number of carbonyl (C=O) groups is 1. The highest BCUT2D eigenvalue weighted by Crippen LogP contribution is 2.22. The van der Waals surface area contributed by atoms with Crippen LogP contribution in [-0.4, -0.2) is 25.3 Å². The van der Waals surface area contributed by atoms with Gasteiger partial charge in [-0.05, 0) is 24.7 Å². The van der Waals surface area contributed by atoms with Gasteiger partial charge in [0.2, 0.25) is 0 Å². The zero-order valence-electron chi connectivity index (χ0n) is 9.66. The second kappa shape index (κ2) is 5.95. The molecule has 0 aliphatic heterocycles. The van der Waals surface area contributed by atoms with Crippen molar-refractivity contribution >= 4 is 6.09 Å². The zero-order valence-corrected chi connectivity index (χ0v) is 9.66. The lowest BCUT2D eigenvalue weighted by molar-refractivity contribution is 0.131. The summed E-state index contributed by atoms with van der Waals surface area (Å²) in [6.45, 7) is 5.15. The number of nitrogens with one attached hydrogen (secondary N) is 1. The Kier molecular flexibility index (Phi) is 4.88. The molecule has 0 spiro atoms. The molecule has 4 heteroatoms. The second-order valence-corrected chi connectivity index (χ2v) is 4.73. The van der Waals surface area contributed by atoms with Crippen LogP contribution in [0.4, 0.5) is 4.79 Å². The van der Waals surface area contributed by atoms with Crippen molar-refractivity contribution in [1.82, 2.24) is 5.32 Å². The van der Waals surface area contributed by atoms with Crippen molar-refractivity contribution in [2.75, 3.05) is 13.2 Å². The summed E-state index contributed by atoms with van der Waals surface area (Å²) in [5.74, 6) is 0.807. The highest BCUT2D eigenvalue weighted by Gasteiger charge is 2.24. The molecule has 2 unspecified atom stereocenters. The molecule has 0 heterocycles. The number of nitrogens with two attached hydrogens (primary N) is 1. The first kappa shape index (κ1) is 12.3. The van der Waals surface area contributed by atoms with Crippen LogP contribution in [0.25, 0.3) is 0 Å². The van der Waals surface area contributed by atoms with Crippen LogP contribution in [0.5, 0.6) is 0 Å². The summed E-state index contributed by atoms with van der Waals surface area (Å²) >= 11 is 0. The van der Waals surface area contributed by atoms with Gasteiger partial charge in [-0.2, -0.15) is 0 Å². The summed E-state index contributed by atoms with van der Waals surface area (Å²) in [7, 11) is 0. The predicted molar refractivity (Wildman–Crippen MR) is 59.5 cm³/mol. The third kappa shape index (κ3) is 4.51. The Morgan fingerprint density at radius 1 is 1.53 bits per heavy atom. The van der Waals surface area contributed by atoms with E-state index < -0.39 is 0 Å². The Labute approximate surface area is 91.5 Å². The fourth-order valence-corrected chi connectivity index (χ4v) is 1.83. The van der Waals surface area contributed by atoms with E-state index in [0.29, 0.717) is 25.0 Å². The van der Waals surface area contributed by atoms with Gasteiger partial charge in [-0.15, -0.1) is 0 Å². The van der Waals surface area contributed by atoms with Gasteiger partial charge in [0, 0.05) is 12.6 Å². The molecule has 15 heavy (non-hydrogen) atoms. The average Bonchev–Trinajstić information content (AvgIpc) is 2.58. The molecule has 88 valence electrons. The molecule has 4 nitrogen and oxygen atoms in total. The molecular formula is C11H22N2O2. The maximum atomic E-state index is 11.2. The summed E-state index contributed by atoms with van der Waals surface area (Å²) in [4.78, 5) is 11.2. The van der Waals surface area contributed by atoms with Crippen LogP contribution in [0.1, 0.15) is 33.1 Å². The number of alkyl carbamates (subject to hydrolysis) is 1. The van der Waals surface area contributed by atoms with Gasteiger partial charge >= 0.3 is 6.09 Å². The van der Waals surface area contributed by atoms with E-state index in [1.165, 1.54) is 6.42 Å². The average molecular weight is 214 g/mol. The first-order valence-electron chi connectivity index (χ1n) is 5.75. The van der Waals surface area contributed by atoms with Crippen molar-refractivity contribution in [3.63, 3.8) is 0 Å². The lowest BCUT2D eigenvalue weighted by Gasteiger charge is -2.16. The molecule has 0 aromatic rings. The van der Waals surface area contributed by atoms with E-state index >= 15 is 0 Å². The van der Waals surface area contributed by atoms with Gasteiger partial charge in [-0.1, -0.05) is 20.3 Å². The predicted octanol–water partition coefficient (Wildman–Crippen LogP) is 1.50. The van der Waals surface area contributed by atoms with Crippen LogP contribution in [0.2, 0.25) is 0 Å².